The van der Waals surface area contributed by atoms with Crippen LogP contribution in [-0.2, 0) is 10.0 Å². The third-order valence-electron chi connectivity index (χ3n) is 3.86. The quantitative estimate of drug-likeness (QED) is 0.745. The lowest BCUT2D eigenvalue weighted by molar-refractivity contribution is 0.427. The molecule has 0 aliphatic heterocycles. The molecule has 1 N–H and O–H groups in total. The largest absolute Gasteiger partial charge is 0.355 e. The summed E-state index contributed by atoms with van der Waals surface area (Å²) in [6.45, 7) is 7.56. The number of anilines is 1. The van der Waals surface area contributed by atoms with E-state index in [2.05, 4.69) is 9.88 Å². The van der Waals surface area contributed by atoms with E-state index in [0.717, 1.165) is 27.3 Å². The zero-order valence-corrected chi connectivity index (χ0v) is 15.5. The molecule has 2 aromatic heterocycles. The first-order valence-electron chi connectivity index (χ1n) is 7.41. The van der Waals surface area contributed by atoms with Gasteiger partial charge in [0.2, 0.25) is 0 Å². The molecule has 0 atom stereocenters. The van der Waals surface area contributed by atoms with Gasteiger partial charge in [0.1, 0.15) is 4.21 Å². The van der Waals surface area contributed by atoms with Gasteiger partial charge in [0.05, 0.1) is 16.3 Å². The minimum Gasteiger partial charge on any atom is -0.355 e. The van der Waals surface area contributed by atoms with E-state index in [9.17, 15) is 8.42 Å². The van der Waals surface area contributed by atoms with Crippen molar-refractivity contribution in [3.63, 3.8) is 0 Å². The topological polar surface area (TPSA) is 72.2 Å². The summed E-state index contributed by atoms with van der Waals surface area (Å²) in [7, 11) is -3.64. The molecule has 0 saturated heterocycles. The molecule has 0 bridgehead atoms. The lowest BCUT2D eigenvalue weighted by Gasteiger charge is -2.10. The maximum Gasteiger partial charge on any atom is 0.271 e. The summed E-state index contributed by atoms with van der Waals surface area (Å²) in [5.74, 6) is 0.616. The van der Waals surface area contributed by atoms with Crippen LogP contribution in [-0.4, -0.2) is 13.6 Å². The van der Waals surface area contributed by atoms with Crippen molar-refractivity contribution in [1.82, 2.24) is 5.16 Å². The highest BCUT2D eigenvalue weighted by Crippen LogP contribution is 2.34. The predicted molar refractivity (Wildman–Crippen MR) is 96.0 cm³/mol. The Morgan fingerprint density at radius 3 is 2.50 bits per heavy atom. The summed E-state index contributed by atoms with van der Waals surface area (Å²) in [5.41, 5.74) is 4.19. The first-order valence-corrected chi connectivity index (χ1v) is 9.71. The fourth-order valence-electron chi connectivity index (χ4n) is 2.27. The van der Waals surface area contributed by atoms with Crippen LogP contribution in [0.3, 0.4) is 0 Å². The van der Waals surface area contributed by atoms with Crippen LogP contribution in [0.25, 0.3) is 10.6 Å². The van der Waals surface area contributed by atoms with Gasteiger partial charge in [0, 0.05) is 5.56 Å². The average Bonchev–Trinajstić information content (AvgIpc) is 3.12. The van der Waals surface area contributed by atoms with Crippen molar-refractivity contribution < 1.29 is 12.9 Å². The van der Waals surface area contributed by atoms with E-state index in [1.165, 1.54) is 11.3 Å². The predicted octanol–water partition coefficient (Wildman–Crippen LogP) is 4.44. The molecule has 2 heterocycles. The Balaban J connectivity index is 1.94. The molecule has 24 heavy (non-hydrogen) atoms. The molecule has 126 valence electrons. The molecule has 5 nitrogen and oxygen atoms in total. The number of benzene rings is 1. The van der Waals surface area contributed by atoms with Crippen LogP contribution < -0.4 is 4.72 Å². The van der Waals surface area contributed by atoms with Crippen LogP contribution in [0.4, 0.5) is 5.69 Å². The van der Waals surface area contributed by atoms with E-state index >= 15 is 0 Å². The Bertz CT molecular complexity index is 1000. The van der Waals surface area contributed by atoms with Gasteiger partial charge >= 0.3 is 0 Å². The van der Waals surface area contributed by atoms with Crippen molar-refractivity contribution in [2.24, 2.45) is 0 Å². The summed E-state index contributed by atoms with van der Waals surface area (Å²) in [6, 6.07) is 9.00. The van der Waals surface area contributed by atoms with Crippen molar-refractivity contribution in [1.29, 1.82) is 0 Å². The number of thiophene rings is 1. The van der Waals surface area contributed by atoms with E-state index in [-0.39, 0.29) is 4.21 Å². The lowest BCUT2D eigenvalue weighted by Crippen LogP contribution is -2.12. The van der Waals surface area contributed by atoms with Gasteiger partial charge in [-0.05, 0) is 57.0 Å². The molecule has 0 fully saturated rings. The zero-order chi connectivity index (χ0) is 17.5. The van der Waals surface area contributed by atoms with E-state index in [1.54, 1.807) is 12.1 Å². The SMILES string of the molecule is Cc1ccc(C)c(NS(=O)(=O)c2ccc(-c3onc(C)c3C)s2)c1. The number of sulfonamides is 1. The maximum atomic E-state index is 12.7. The Morgan fingerprint density at radius 1 is 1.08 bits per heavy atom. The van der Waals surface area contributed by atoms with Crippen LogP contribution in [0.15, 0.2) is 39.1 Å². The Kier molecular flexibility index (Phi) is 4.23. The number of aryl methyl sites for hydroxylation is 3. The molecule has 3 aromatic rings. The summed E-state index contributed by atoms with van der Waals surface area (Å²) in [4.78, 5) is 0.745. The Labute approximate surface area is 145 Å². The second-order valence-corrected chi connectivity index (χ2v) is 8.76. The fraction of sp³-hybridized carbons (Fsp3) is 0.235. The molecule has 7 heteroatoms. The van der Waals surface area contributed by atoms with Crippen molar-refractivity contribution in [3.8, 4) is 10.6 Å². The molecular formula is C17H18N2O3S2. The molecule has 0 amide bonds. The van der Waals surface area contributed by atoms with Crippen LogP contribution in [0.2, 0.25) is 0 Å². The normalized spacial score (nSPS) is 11.7. The standard InChI is InChI=1S/C17H18N2O3S2/c1-10-5-6-11(2)14(9-10)19-24(20,21)16-8-7-15(23-16)17-12(3)13(4)18-22-17/h5-9,19H,1-4H3. The third-order valence-corrected chi connectivity index (χ3v) is 6.81. The first-order chi connectivity index (χ1) is 11.3. The third kappa shape index (κ3) is 3.09. The molecule has 0 aliphatic rings. The number of hydrogen-bond donors (Lipinski definition) is 1. The van der Waals surface area contributed by atoms with Gasteiger partial charge in [-0.2, -0.15) is 0 Å². The smallest absolute Gasteiger partial charge is 0.271 e. The van der Waals surface area contributed by atoms with Crippen molar-refractivity contribution >= 4 is 27.0 Å². The molecule has 3 rings (SSSR count). The van der Waals surface area contributed by atoms with Gasteiger partial charge in [0.25, 0.3) is 10.0 Å². The first kappa shape index (κ1) is 16.7. The number of hydrogen-bond acceptors (Lipinski definition) is 5. The molecular weight excluding hydrogens is 344 g/mol. The summed E-state index contributed by atoms with van der Waals surface area (Å²) >= 11 is 1.17. The van der Waals surface area contributed by atoms with Gasteiger partial charge in [-0.1, -0.05) is 17.3 Å². The van der Waals surface area contributed by atoms with E-state index in [4.69, 9.17) is 4.52 Å². The summed E-state index contributed by atoms with van der Waals surface area (Å²) in [5, 5.41) is 3.92. The van der Waals surface area contributed by atoms with Gasteiger partial charge < -0.3 is 4.52 Å². The number of rotatable bonds is 4. The van der Waals surface area contributed by atoms with Gasteiger partial charge in [-0.25, -0.2) is 8.42 Å². The second-order valence-electron chi connectivity index (χ2n) is 5.76. The number of aromatic nitrogens is 1. The van der Waals surface area contributed by atoms with Crippen LogP contribution in [0.1, 0.15) is 22.4 Å². The molecule has 0 aliphatic carbocycles. The van der Waals surface area contributed by atoms with Crippen LogP contribution in [0.5, 0.6) is 0 Å². The van der Waals surface area contributed by atoms with Gasteiger partial charge in [-0.15, -0.1) is 11.3 Å². The number of nitrogens with one attached hydrogen (secondary N) is 1. The van der Waals surface area contributed by atoms with Crippen molar-refractivity contribution in [2.75, 3.05) is 4.72 Å². The zero-order valence-electron chi connectivity index (χ0n) is 13.9. The molecule has 1 aromatic carbocycles. The van der Waals surface area contributed by atoms with E-state index < -0.39 is 10.0 Å². The maximum absolute atomic E-state index is 12.7. The molecule has 0 spiro atoms. The highest BCUT2D eigenvalue weighted by molar-refractivity contribution is 7.94. The minimum absolute atomic E-state index is 0.242. The summed E-state index contributed by atoms with van der Waals surface area (Å²) < 4.78 is 33.5. The van der Waals surface area contributed by atoms with Gasteiger partial charge in [-0.3, -0.25) is 4.72 Å². The van der Waals surface area contributed by atoms with Crippen LogP contribution in [0, 0.1) is 27.7 Å². The lowest BCUT2D eigenvalue weighted by atomic mass is 10.1. The number of nitrogens with zero attached hydrogens (tertiary/aromatic N) is 1. The Hall–Kier alpha value is -2.12. The highest BCUT2D eigenvalue weighted by atomic mass is 32.2. The van der Waals surface area contributed by atoms with E-state index in [0.29, 0.717) is 11.4 Å². The summed E-state index contributed by atoms with van der Waals surface area (Å²) in [6.07, 6.45) is 0. The minimum atomic E-state index is -3.64. The van der Waals surface area contributed by atoms with Crippen LogP contribution >= 0.6 is 11.3 Å². The average molecular weight is 362 g/mol. The second kappa shape index (κ2) is 6.07. The van der Waals surface area contributed by atoms with Gasteiger partial charge in [0.15, 0.2) is 5.76 Å². The van der Waals surface area contributed by atoms with E-state index in [1.807, 2.05) is 45.9 Å². The van der Waals surface area contributed by atoms with Crippen molar-refractivity contribution in [2.45, 2.75) is 31.9 Å². The highest BCUT2D eigenvalue weighted by Gasteiger charge is 2.21. The molecule has 0 saturated carbocycles. The fourth-order valence-corrected chi connectivity index (χ4v) is 4.73. The monoisotopic (exact) mass is 362 g/mol. The Morgan fingerprint density at radius 2 is 1.83 bits per heavy atom. The molecule has 0 unspecified atom stereocenters. The molecule has 0 radical (unpaired) electrons. The van der Waals surface area contributed by atoms with Crippen molar-refractivity contribution in [3.05, 3.63) is 52.7 Å².